The highest BCUT2D eigenvalue weighted by atomic mass is 32.2. The zero-order valence-corrected chi connectivity index (χ0v) is 14.2. The lowest BCUT2D eigenvalue weighted by molar-refractivity contribution is -0.116. The molecule has 0 aromatic heterocycles. The Morgan fingerprint density at radius 2 is 1.80 bits per heavy atom. The Bertz CT molecular complexity index is 937. The van der Waals surface area contributed by atoms with Crippen LogP contribution in [0.25, 0.3) is 6.08 Å². The number of hydrogen-bond donors (Lipinski definition) is 2. The van der Waals surface area contributed by atoms with E-state index < -0.39 is 21.7 Å². The maximum Gasteiger partial charge on any atom is 0.283 e. The van der Waals surface area contributed by atoms with Crippen LogP contribution in [0.5, 0.6) is 0 Å². The van der Waals surface area contributed by atoms with Crippen molar-refractivity contribution in [2.45, 2.75) is 18.8 Å². The predicted octanol–water partition coefficient (Wildman–Crippen LogP) is 1.92. The van der Waals surface area contributed by atoms with Gasteiger partial charge in [0, 0.05) is 13.1 Å². The molecule has 0 saturated carbocycles. The molecule has 0 spiro atoms. The summed E-state index contributed by atoms with van der Waals surface area (Å²) in [7, 11) is -3.44. The van der Waals surface area contributed by atoms with E-state index in [0.717, 1.165) is 16.7 Å². The van der Waals surface area contributed by atoms with Gasteiger partial charge in [-0.3, -0.25) is 4.79 Å². The molecule has 1 aliphatic rings. The van der Waals surface area contributed by atoms with Crippen LogP contribution < -0.4 is 5.73 Å². The van der Waals surface area contributed by atoms with Crippen molar-refractivity contribution in [3.63, 3.8) is 0 Å². The maximum absolute atomic E-state index is 12.6. The lowest BCUT2D eigenvalue weighted by atomic mass is 10.1. The van der Waals surface area contributed by atoms with Gasteiger partial charge in [-0.05, 0) is 34.4 Å². The lowest BCUT2D eigenvalue weighted by Gasteiger charge is -2.15. The highest BCUT2D eigenvalue weighted by Gasteiger charge is 2.29. The average Bonchev–Trinajstić information content (AvgIpc) is 2.99. The zero-order valence-electron chi connectivity index (χ0n) is 13.4. The van der Waals surface area contributed by atoms with E-state index in [2.05, 4.69) is 0 Å². The number of carbonyl (C=O) groups excluding carboxylic acids is 1. The van der Waals surface area contributed by atoms with Crippen LogP contribution in [0.4, 0.5) is 0 Å². The van der Waals surface area contributed by atoms with Crippen LogP contribution in [0.2, 0.25) is 0 Å². The second-order valence-corrected chi connectivity index (χ2v) is 7.90. The summed E-state index contributed by atoms with van der Waals surface area (Å²) in [4.78, 5) is 10.9. The van der Waals surface area contributed by atoms with E-state index in [1.807, 2.05) is 18.2 Å². The fraction of sp³-hybridized carbons (Fsp3) is 0.167. The number of hydrogen-bond acceptors (Lipinski definition) is 4. The quantitative estimate of drug-likeness (QED) is 0.630. The first-order valence-corrected chi connectivity index (χ1v) is 9.30. The van der Waals surface area contributed by atoms with E-state index in [4.69, 9.17) is 5.73 Å². The van der Waals surface area contributed by atoms with Crippen molar-refractivity contribution in [2.75, 3.05) is 0 Å². The fourth-order valence-electron chi connectivity index (χ4n) is 2.77. The van der Waals surface area contributed by atoms with Gasteiger partial charge in [0.05, 0.1) is 5.75 Å². The third-order valence-electron chi connectivity index (χ3n) is 4.06. The molecule has 1 aliphatic heterocycles. The van der Waals surface area contributed by atoms with Crippen molar-refractivity contribution < 1.29 is 18.3 Å². The van der Waals surface area contributed by atoms with Crippen LogP contribution in [0.15, 0.2) is 54.3 Å². The SMILES string of the molecule is NC(=O)C(O)=Cc1ccc2c(c1)CN(S(=O)(=O)Cc1ccccc1)C2. The van der Waals surface area contributed by atoms with Crippen LogP contribution in [0.3, 0.4) is 0 Å². The van der Waals surface area contributed by atoms with E-state index in [-0.39, 0.29) is 12.3 Å². The van der Waals surface area contributed by atoms with Crippen molar-refractivity contribution in [1.82, 2.24) is 4.31 Å². The fourth-order valence-corrected chi connectivity index (χ4v) is 4.24. The summed E-state index contributed by atoms with van der Waals surface area (Å²) in [6, 6.07) is 14.3. The summed E-state index contributed by atoms with van der Waals surface area (Å²) >= 11 is 0. The van der Waals surface area contributed by atoms with Gasteiger partial charge in [0.2, 0.25) is 10.0 Å². The minimum absolute atomic E-state index is 0.0446. The number of nitrogens with two attached hydrogens (primary N) is 1. The van der Waals surface area contributed by atoms with Gasteiger partial charge in [-0.25, -0.2) is 8.42 Å². The molecule has 25 heavy (non-hydrogen) atoms. The molecular formula is C18H18N2O4S. The van der Waals surface area contributed by atoms with Crippen molar-refractivity contribution in [2.24, 2.45) is 5.73 Å². The smallest absolute Gasteiger partial charge is 0.283 e. The minimum atomic E-state index is -3.44. The van der Waals surface area contributed by atoms with Gasteiger partial charge in [0.15, 0.2) is 5.76 Å². The molecule has 2 aromatic carbocycles. The van der Waals surface area contributed by atoms with Gasteiger partial charge in [-0.15, -0.1) is 0 Å². The third-order valence-corrected chi connectivity index (χ3v) is 5.81. The minimum Gasteiger partial charge on any atom is -0.503 e. The molecule has 0 unspecified atom stereocenters. The molecule has 7 heteroatoms. The number of aliphatic hydroxyl groups is 1. The zero-order chi connectivity index (χ0) is 18.0. The van der Waals surface area contributed by atoms with Gasteiger partial charge in [-0.1, -0.05) is 42.5 Å². The first-order valence-electron chi connectivity index (χ1n) is 7.69. The molecule has 0 radical (unpaired) electrons. The van der Waals surface area contributed by atoms with Crippen molar-refractivity contribution in [3.8, 4) is 0 Å². The topological polar surface area (TPSA) is 101 Å². The van der Waals surface area contributed by atoms with Gasteiger partial charge in [0.25, 0.3) is 5.91 Å². The number of sulfonamides is 1. The Morgan fingerprint density at radius 3 is 2.48 bits per heavy atom. The number of primary amides is 1. The monoisotopic (exact) mass is 358 g/mol. The van der Waals surface area contributed by atoms with Gasteiger partial charge in [-0.2, -0.15) is 4.31 Å². The Hall–Kier alpha value is -2.64. The predicted molar refractivity (Wildman–Crippen MR) is 94.6 cm³/mol. The van der Waals surface area contributed by atoms with Crippen LogP contribution >= 0.6 is 0 Å². The molecule has 6 nitrogen and oxygen atoms in total. The molecule has 0 aliphatic carbocycles. The van der Waals surface area contributed by atoms with Crippen LogP contribution in [-0.4, -0.2) is 23.7 Å². The molecule has 0 bridgehead atoms. The summed E-state index contributed by atoms with van der Waals surface area (Å²) in [5.41, 5.74) is 8.10. The van der Waals surface area contributed by atoms with E-state index in [0.29, 0.717) is 12.1 Å². The molecule has 1 amide bonds. The number of aliphatic hydroxyl groups excluding tert-OH is 1. The van der Waals surface area contributed by atoms with Gasteiger partial charge >= 0.3 is 0 Å². The average molecular weight is 358 g/mol. The summed E-state index contributed by atoms with van der Waals surface area (Å²) < 4.78 is 26.7. The molecule has 0 atom stereocenters. The van der Waals surface area contributed by atoms with Crippen LogP contribution in [-0.2, 0) is 33.7 Å². The summed E-state index contributed by atoms with van der Waals surface area (Å²) in [5, 5.41) is 9.45. The molecule has 0 saturated heterocycles. The molecule has 3 rings (SSSR count). The molecule has 1 heterocycles. The Balaban J connectivity index is 1.79. The molecule has 130 valence electrons. The normalized spacial score (nSPS) is 15.1. The number of nitrogens with zero attached hydrogens (tertiary/aromatic N) is 1. The molecule has 2 aromatic rings. The van der Waals surface area contributed by atoms with E-state index in [9.17, 15) is 18.3 Å². The Kier molecular flexibility index (Phi) is 4.61. The standard InChI is InChI=1S/C18H18N2O4S/c19-18(22)17(21)9-14-6-7-15-10-20(11-16(15)8-14)25(23,24)12-13-4-2-1-3-5-13/h1-9,21H,10-12H2,(H2,19,22). The number of amides is 1. The first kappa shape index (κ1) is 17.2. The van der Waals surface area contributed by atoms with Gasteiger partial charge < -0.3 is 10.8 Å². The number of carbonyl (C=O) groups is 1. The first-order chi connectivity index (χ1) is 11.8. The Morgan fingerprint density at radius 1 is 1.12 bits per heavy atom. The number of rotatable bonds is 5. The Labute approximate surface area is 146 Å². The second-order valence-electron chi connectivity index (χ2n) is 5.93. The third kappa shape index (κ3) is 3.89. The highest BCUT2D eigenvalue weighted by Crippen LogP contribution is 2.28. The van der Waals surface area contributed by atoms with Crippen molar-refractivity contribution in [3.05, 3.63) is 76.5 Å². The summed E-state index contributed by atoms with van der Waals surface area (Å²) in [6.07, 6.45) is 1.27. The summed E-state index contributed by atoms with van der Waals surface area (Å²) in [5.74, 6) is -1.49. The van der Waals surface area contributed by atoms with E-state index >= 15 is 0 Å². The van der Waals surface area contributed by atoms with Gasteiger partial charge in [0.1, 0.15) is 0 Å². The lowest BCUT2D eigenvalue weighted by Crippen LogP contribution is -2.26. The van der Waals surface area contributed by atoms with E-state index in [1.165, 1.54) is 10.4 Å². The van der Waals surface area contributed by atoms with Crippen molar-refractivity contribution in [1.29, 1.82) is 0 Å². The molecular weight excluding hydrogens is 340 g/mol. The maximum atomic E-state index is 12.6. The van der Waals surface area contributed by atoms with Crippen molar-refractivity contribution >= 4 is 22.0 Å². The van der Waals surface area contributed by atoms with Crippen LogP contribution in [0.1, 0.15) is 22.3 Å². The van der Waals surface area contributed by atoms with E-state index in [1.54, 1.807) is 30.3 Å². The number of fused-ring (bicyclic) bond motifs is 1. The summed E-state index contributed by atoms with van der Waals surface area (Å²) in [6.45, 7) is 0.583. The largest absolute Gasteiger partial charge is 0.503 e. The van der Waals surface area contributed by atoms with Crippen LogP contribution in [0, 0.1) is 0 Å². The molecule has 3 N–H and O–H groups in total. The molecule has 0 fully saturated rings. The second kappa shape index (κ2) is 6.70. The highest BCUT2D eigenvalue weighted by molar-refractivity contribution is 7.88. The number of benzene rings is 2.